The van der Waals surface area contributed by atoms with Gasteiger partial charge in [-0.1, -0.05) is 26.0 Å². The molecule has 2 heterocycles. The summed E-state index contributed by atoms with van der Waals surface area (Å²) in [6.45, 7) is 8.25. The summed E-state index contributed by atoms with van der Waals surface area (Å²) in [4.78, 5) is 2.37. The molecule has 1 fully saturated rings. The van der Waals surface area contributed by atoms with Crippen LogP contribution in [0.5, 0.6) is 0 Å². The molecular formula is C13H19N3S. The number of hydrogen-bond donors (Lipinski definition) is 1. The van der Waals surface area contributed by atoms with E-state index in [4.69, 9.17) is 0 Å². The van der Waals surface area contributed by atoms with E-state index in [1.165, 1.54) is 10.1 Å². The predicted octanol–water partition coefficient (Wildman–Crippen LogP) is 2.73. The molecule has 4 heteroatoms. The van der Waals surface area contributed by atoms with Crippen LogP contribution in [0, 0.1) is 0 Å². The van der Waals surface area contributed by atoms with Crippen molar-refractivity contribution in [1.82, 2.24) is 9.69 Å². The highest BCUT2D eigenvalue weighted by Crippen LogP contribution is 2.29. The van der Waals surface area contributed by atoms with Crippen LogP contribution in [0.3, 0.4) is 0 Å². The van der Waals surface area contributed by atoms with Crippen molar-refractivity contribution in [2.45, 2.75) is 13.8 Å². The number of nitrogens with one attached hydrogen (secondary N) is 1. The van der Waals surface area contributed by atoms with E-state index >= 15 is 0 Å². The van der Waals surface area contributed by atoms with Gasteiger partial charge >= 0.3 is 0 Å². The topological polar surface area (TPSA) is 28.2 Å². The van der Waals surface area contributed by atoms with E-state index in [1.54, 1.807) is 11.5 Å². The lowest BCUT2D eigenvalue weighted by Crippen LogP contribution is -2.43. The minimum absolute atomic E-state index is 1.06. The molecule has 1 aromatic carbocycles. The third-order valence-corrected chi connectivity index (χ3v) is 3.59. The molecule has 1 aliphatic rings. The second kappa shape index (κ2) is 5.98. The van der Waals surface area contributed by atoms with E-state index < -0.39 is 0 Å². The van der Waals surface area contributed by atoms with Gasteiger partial charge in [0.2, 0.25) is 0 Å². The van der Waals surface area contributed by atoms with Gasteiger partial charge in [-0.3, -0.25) is 0 Å². The summed E-state index contributed by atoms with van der Waals surface area (Å²) < 4.78 is 5.84. The van der Waals surface area contributed by atoms with Crippen molar-refractivity contribution in [3.63, 3.8) is 0 Å². The van der Waals surface area contributed by atoms with Crippen LogP contribution in [0.2, 0.25) is 0 Å². The first-order chi connectivity index (χ1) is 8.45. The Balaban J connectivity index is 0.000000514. The van der Waals surface area contributed by atoms with Gasteiger partial charge in [-0.25, -0.2) is 0 Å². The van der Waals surface area contributed by atoms with Crippen molar-refractivity contribution in [3.8, 4) is 0 Å². The second-order valence-corrected chi connectivity index (χ2v) is 4.54. The summed E-state index contributed by atoms with van der Waals surface area (Å²) in [7, 11) is 0. The molecule has 17 heavy (non-hydrogen) atoms. The average molecular weight is 249 g/mol. The van der Waals surface area contributed by atoms with Crippen molar-refractivity contribution >= 4 is 27.4 Å². The highest BCUT2D eigenvalue weighted by atomic mass is 32.1. The molecule has 1 aliphatic heterocycles. The maximum absolute atomic E-state index is 4.56. The Labute approximate surface area is 107 Å². The quantitative estimate of drug-likeness (QED) is 0.842. The lowest BCUT2D eigenvalue weighted by Gasteiger charge is -2.27. The van der Waals surface area contributed by atoms with Crippen LogP contribution in [0.1, 0.15) is 13.8 Å². The zero-order chi connectivity index (χ0) is 12.1. The maximum atomic E-state index is 4.56. The van der Waals surface area contributed by atoms with E-state index in [9.17, 15) is 0 Å². The molecule has 0 saturated carbocycles. The Hall–Kier alpha value is -1.13. The number of benzene rings is 1. The van der Waals surface area contributed by atoms with E-state index in [1.807, 2.05) is 13.8 Å². The van der Waals surface area contributed by atoms with Crippen LogP contribution in [0.25, 0.3) is 10.1 Å². The molecule has 0 unspecified atom stereocenters. The third kappa shape index (κ3) is 2.58. The minimum Gasteiger partial charge on any atom is -0.353 e. The fraction of sp³-hybridized carbons (Fsp3) is 0.462. The van der Waals surface area contributed by atoms with Crippen molar-refractivity contribution in [2.24, 2.45) is 0 Å². The molecule has 0 atom stereocenters. The molecule has 0 spiro atoms. The Morgan fingerprint density at radius 2 is 1.88 bits per heavy atom. The lowest BCUT2D eigenvalue weighted by molar-refractivity contribution is 0.587. The van der Waals surface area contributed by atoms with Gasteiger partial charge in [-0.05, 0) is 23.7 Å². The third-order valence-electron chi connectivity index (χ3n) is 2.77. The van der Waals surface area contributed by atoms with Gasteiger partial charge in [0.05, 0.1) is 4.70 Å². The summed E-state index contributed by atoms with van der Waals surface area (Å²) in [5.41, 5.74) is 0. The normalized spacial score (nSPS) is 15.5. The standard InChI is InChI=1S/C11H13N3S.C2H6/c1-2-4-10-9(3-1)11(13-15-10)14-7-5-12-6-8-14;1-2/h1-4,12H,5-8H2;1-2H3. The summed E-state index contributed by atoms with van der Waals surface area (Å²) in [6.07, 6.45) is 0. The van der Waals surface area contributed by atoms with E-state index in [2.05, 4.69) is 38.9 Å². The highest BCUT2D eigenvalue weighted by molar-refractivity contribution is 7.13. The second-order valence-electron chi connectivity index (χ2n) is 3.74. The van der Waals surface area contributed by atoms with Crippen LogP contribution in [0.4, 0.5) is 5.82 Å². The molecule has 0 bridgehead atoms. The molecule has 92 valence electrons. The first-order valence-corrected chi connectivity index (χ1v) is 7.02. The molecule has 0 amide bonds. The molecule has 3 rings (SSSR count). The number of hydrogen-bond acceptors (Lipinski definition) is 4. The molecule has 2 aromatic rings. The Kier molecular flexibility index (Phi) is 4.34. The molecule has 0 radical (unpaired) electrons. The van der Waals surface area contributed by atoms with Gasteiger partial charge in [-0.15, -0.1) is 0 Å². The lowest BCUT2D eigenvalue weighted by atomic mass is 10.2. The zero-order valence-electron chi connectivity index (χ0n) is 10.4. The van der Waals surface area contributed by atoms with Gasteiger partial charge in [0, 0.05) is 31.6 Å². The van der Waals surface area contributed by atoms with Crippen molar-refractivity contribution < 1.29 is 0 Å². The molecule has 3 nitrogen and oxygen atoms in total. The summed E-state index contributed by atoms with van der Waals surface area (Å²) >= 11 is 1.60. The van der Waals surface area contributed by atoms with E-state index in [0.29, 0.717) is 0 Å². The van der Waals surface area contributed by atoms with Gasteiger partial charge < -0.3 is 10.2 Å². The van der Waals surface area contributed by atoms with Crippen molar-refractivity contribution in [3.05, 3.63) is 24.3 Å². The predicted molar refractivity (Wildman–Crippen MR) is 76.1 cm³/mol. The van der Waals surface area contributed by atoms with Crippen LogP contribution in [0.15, 0.2) is 24.3 Å². The molecule has 1 saturated heterocycles. The highest BCUT2D eigenvalue weighted by Gasteiger charge is 2.15. The Morgan fingerprint density at radius 1 is 1.18 bits per heavy atom. The number of aromatic nitrogens is 1. The van der Waals surface area contributed by atoms with Crippen LogP contribution >= 0.6 is 11.5 Å². The fourth-order valence-electron chi connectivity index (χ4n) is 1.98. The fourth-order valence-corrected chi connectivity index (χ4v) is 2.77. The summed E-state index contributed by atoms with van der Waals surface area (Å²) in [5, 5.41) is 4.65. The molecule has 0 aliphatic carbocycles. The van der Waals surface area contributed by atoms with Crippen LogP contribution in [-0.4, -0.2) is 30.6 Å². The molecular weight excluding hydrogens is 230 g/mol. The van der Waals surface area contributed by atoms with Crippen LogP contribution in [-0.2, 0) is 0 Å². The van der Waals surface area contributed by atoms with Crippen LogP contribution < -0.4 is 10.2 Å². The van der Waals surface area contributed by atoms with E-state index in [-0.39, 0.29) is 0 Å². The van der Waals surface area contributed by atoms with Gasteiger partial charge in [0.15, 0.2) is 0 Å². The van der Waals surface area contributed by atoms with Gasteiger partial charge in [0.25, 0.3) is 0 Å². The molecule has 1 aromatic heterocycles. The first kappa shape index (κ1) is 12.3. The minimum atomic E-state index is 1.06. The van der Waals surface area contributed by atoms with Crippen molar-refractivity contribution in [1.29, 1.82) is 0 Å². The SMILES string of the molecule is CC.c1ccc2c(N3CCNCC3)nsc2c1. The first-order valence-electron chi connectivity index (χ1n) is 6.25. The smallest absolute Gasteiger partial charge is 0.150 e. The van der Waals surface area contributed by atoms with Crippen molar-refractivity contribution in [2.75, 3.05) is 31.1 Å². The number of anilines is 1. The average Bonchev–Trinajstić information content (AvgIpc) is 2.86. The number of piperazine rings is 1. The summed E-state index contributed by atoms with van der Waals surface area (Å²) in [5.74, 6) is 1.16. The van der Waals surface area contributed by atoms with E-state index in [0.717, 1.165) is 32.0 Å². The Bertz CT molecular complexity index is 460. The Morgan fingerprint density at radius 3 is 2.65 bits per heavy atom. The maximum Gasteiger partial charge on any atom is 0.150 e. The summed E-state index contributed by atoms with van der Waals surface area (Å²) in [6, 6.07) is 8.46. The number of nitrogens with zero attached hydrogens (tertiary/aromatic N) is 2. The monoisotopic (exact) mass is 249 g/mol. The molecule has 1 N–H and O–H groups in total. The number of rotatable bonds is 1. The van der Waals surface area contributed by atoms with Gasteiger partial charge in [0.1, 0.15) is 5.82 Å². The largest absolute Gasteiger partial charge is 0.353 e. The zero-order valence-corrected chi connectivity index (χ0v) is 11.3. The number of fused-ring (bicyclic) bond motifs is 1. The van der Waals surface area contributed by atoms with Gasteiger partial charge in [-0.2, -0.15) is 4.37 Å².